The van der Waals surface area contributed by atoms with Crippen molar-refractivity contribution >= 4 is 45.5 Å². The molecule has 2 rings (SSSR count). The first-order valence-corrected chi connectivity index (χ1v) is 6.97. The second kappa shape index (κ2) is 6.06. The highest BCUT2D eigenvalue weighted by Crippen LogP contribution is 2.27. The van der Waals surface area contributed by atoms with Crippen LogP contribution in [0.3, 0.4) is 0 Å². The maximum Gasteiger partial charge on any atom is 0.269 e. The van der Waals surface area contributed by atoms with Gasteiger partial charge in [0, 0.05) is 11.6 Å². The van der Waals surface area contributed by atoms with Gasteiger partial charge in [-0.2, -0.15) is 0 Å². The third-order valence-electron chi connectivity index (χ3n) is 2.36. The lowest BCUT2D eigenvalue weighted by Gasteiger charge is -2.05. The van der Waals surface area contributed by atoms with Crippen LogP contribution < -0.4 is 16.4 Å². The molecule has 0 aliphatic heterocycles. The molecule has 2 aromatic rings. The van der Waals surface area contributed by atoms with E-state index in [1.807, 2.05) is 6.92 Å². The van der Waals surface area contributed by atoms with Gasteiger partial charge < -0.3 is 16.4 Å². The fourth-order valence-corrected chi connectivity index (χ4v) is 2.51. The van der Waals surface area contributed by atoms with E-state index in [0.717, 1.165) is 11.3 Å². The third-order valence-corrected chi connectivity index (χ3v) is 3.63. The highest BCUT2D eigenvalue weighted by Gasteiger charge is 2.17. The average molecular weight is 315 g/mol. The summed E-state index contributed by atoms with van der Waals surface area (Å²) in [5, 5.41) is 6.26. The van der Waals surface area contributed by atoms with E-state index in [1.54, 1.807) is 0 Å². The van der Waals surface area contributed by atoms with Crippen LogP contribution >= 0.6 is 22.9 Å². The molecule has 0 saturated carbocycles. The second-order valence-corrected chi connectivity index (χ2v) is 5.28. The number of nitrogen functional groups attached to an aromatic ring is 1. The highest BCUT2D eigenvalue weighted by molar-refractivity contribution is 7.18. The van der Waals surface area contributed by atoms with Gasteiger partial charge in [0.15, 0.2) is 5.13 Å². The van der Waals surface area contributed by atoms with Crippen molar-refractivity contribution in [3.63, 3.8) is 0 Å². The molecular weight excluding hydrogens is 303 g/mol. The van der Waals surface area contributed by atoms with Gasteiger partial charge in [0.2, 0.25) is 0 Å². The number of nitrogens with one attached hydrogen (secondary N) is 2. The van der Waals surface area contributed by atoms with Gasteiger partial charge in [-0.05, 0) is 25.1 Å². The zero-order valence-corrected chi connectivity index (χ0v) is 12.1. The van der Waals surface area contributed by atoms with Crippen LogP contribution in [0.2, 0.25) is 5.02 Å². The van der Waals surface area contributed by atoms with E-state index in [4.69, 9.17) is 17.3 Å². The number of amides is 1. The summed E-state index contributed by atoms with van der Waals surface area (Å²) >= 11 is 6.87. The number of hydrogen-bond acceptors (Lipinski definition) is 5. The monoisotopic (exact) mass is 314 g/mol. The number of halogens is 2. The van der Waals surface area contributed by atoms with Gasteiger partial charge in [-0.15, -0.1) is 0 Å². The molecule has 8 heteroatoms. The number of nitrogens with zero attached hydrogens (tertiary/aromatic N) is 1. The molecule has 0 bridgehead atoms. The molecule has 5 nitrogen and oxygen atoms in total. The predicted octanol–water partition coefficient (Wildman–Crippen LogP) is 3.20. The summed E-state index contributed by atoms with van der Waals surface area (Å²) in [6, 6.07) is 3.91. The minimum atomic E-state index is -0.572. The van der Waals surface area contributed by atoms with Crippen molar-refractivity contribution in [2.75, 3.05) is 22.9 Å². The first kappa shape index (κ1) is 14.5. The van der Waals surface area contributed by atoms with Crippen molar-refractivity contribution < 1.29 is 9.18 Å². The summed E-state index contributed by atoms with van der Waals surface area (Å²) in [4.78, 5) is 16.3. The molecule has 0 radical (unpaired) electrons. The summed E-state index contributed by atoms with van der Waals surface area (Å²) < 4.78 is 13.5. The summed E-state index contributed by atoms with van der Waals surface area (Å²) in [7, 11) is 0. The zero-order chi connectivity index (χ0) is 14.7. The number of aromatic nitrogens is 1. The molecule has 0 saturated heterocycles. The van der Waals surface area contributed by atoms with Gasteiger partial charge >= 0.3 is 0 Å². The van der Waals surface area contributed by atoms with Gasteiger partial charge in [0.1, 0.15) is 16.5 Å². The van der Waals surface area contributed by atoms with Crippen LogP contribution in [0.5, 0.6) is 0 Å². The largest absolute Gasteiger partial charge is 0.382 e. The second-order valence-electron chi connectivity index (χ2n) is 3.84. The molecule has 0 fully saturated rings. The fourth-order valence-electron chi connectivity index (χ4n) is 1.49. The predicted molar refractivity (Wildman–Crippen MR) is 80.1 cm³/mol. The molecule has 1 amide bonds. The Hall–Kier alpha value is -1.86. The molecule has 106 valence electrons. The Morgan fingerprint density at radius 3 is 3.00 bits per heavy atom. The Balaban J connectivity index is 2.21. The Kier molecular flexibility index (Phi) is 4.41. The van der Waals surface area contributed by atoms with Gasteiger partial charge in [0.25, 0.3) is 5.91 Å². The van der Waals surface area contributed by atoms with Crippen LogP contribution in [0.4, 0.5) is 21.0 Å². The smallest absolute Gasteiger partial charge is 0.269 e. The number of hydrogen-bond donors (Lipinski definition) is 3. The SMILES string of the molecule is CCNc1nc(N)c(C(=O)Nc2cc(Cl)ccc2F)s1. The summed E-state index contributed by atoms with van der Waals surface area (Å²) in [6.45, 7) is 2.57. The number of carbonyl (C=O) groups is 1. The molecule has 20 heavy (non-hydrogen) atoms. The average Bonchev–Trinajstić information content (AvgIpc) is 2.75. The lowest BCUT2D eigenvalue weighted by atomic mass is 10.3. The molecule has 1 aromatic heterocycles. The Morgan fingerprint density at radius 1 is 1.55 bits per heavy atom. The van der Waals surface area contributed by atoms with E-state index < -0.39 is 11.7 Å². The maximum absolute atomic E-state index is 13.5. The molecule has 1 heterocycles. The minimum Gasteiger partial charge on any atom is -0.382 e. The van der Waals surface area contributed by atoms with E-state index >= 15 is 0 Å². The molecular formula is C12H12ClFN4OS. The highest BCUT2D eigenvalue weighted by atomic mass is 35.5. The van der Waals surface area contributed by atoms with Gasteiger partial charge in [-0.1, -0.05) is 22.9 Å². The molecule has 0 aliphatic rings. The Morgan fingerprint density at radius 2 is 2.30 bits per heavy atom. The standard InChI is InChI=1S/C12H12ClFN4OS/c1-2-16-12-18-10(15)9(20-12)11(19)17-8-5-6(13)3-4-7(8)14/h3-5H,2,15H2,1H3,(H,16,18)(H,17,19). The van der Waals surface area contributed by atoms with E-state index in [2.05, 4.69) is 15.6 Å². The normalized spacial score (nSPS) is 10.3. The molecule has 4 N–H and O–H groups in total. The van der Waals surface area contributed by atoms with E-state index in [1.165, 1.54) is 18.2 Å². The van der Waals surface area contributed by atoms with Crippen LogP contribution in [0.15, 0.2) is 18.2 Å². The quantitative estimate of drug-likeness (QED) is 0.809. The van der Waals surface area contributed by atoms with Crippen LogP contribution in [-0.4, -0.2) is 17.4 Å². The zero-order valence-electron chi connectivity index (χ0n) is 10.5. The lowest BCUT2D eigenvalue weighted by molar-refractivity contribution is 0.103. The first-order valence-electron chi connectivity index (χ1n) is 5.77. The van der Waals surface area contributed by atoms with Crippen LogP contribution in [0, 0.1) is 5.82 Å². The van der Waals surface area contributed by atoms with Crippen molar-refractivity contribution in [1.29, 1.82) is 0 Å². The van der Waals surface area contributed by atoms with Crippen molar-refractivity contribution in [3.05, 3.63) is 33.9 Å². The summed E-state index contributed by atoms with van der Waals surface area (Å²) in [6.07, 6.45) is 0. The van der Waals surface area contributed by atoms with E-state index in [9.17, 15) is 9.18 Å². The number of nitrogens with two attached hydrogens (primary N) is 1. The van der Waals surface area contributed by atoms with E-state index in [-0.39, 0.29) is 16.4 Å². The van der Waals surface area contributed by atoms with Crippen molar-refractivity contribution in [2.45, 2.75) is 6.92 Å². The molecule has 1 aromatic carbocycles. The van der Waals surface area contributed by atoms with Crippen molar-refractivity contribution in [2.24, 2.45) is 0 Å². The first-order chi connectivity index (χ1) is 9.51. The lowest BCUT2D eigenvalue weighted by Crippen LogP contribution is -2.13. The molecule has 0 spiro atoms. The third kappa shape index (κ3) is 3.17. The summed E-state index contributed by atoms with van der Waals surface area (Å²) in [5.41, 5.74) is 5.67. The summed E-state index contributed by atoms with van der Waals surface area (Å²) in [5.74, 6) is -0.992. The minimum absolute atomic E-state index is 0.000278. The number of carbonyl (C=O) groups excluding carboxylic acids is 1. The van der Waals surface area contributed by atoms with Gasteiger partial charge in [0.05, 0.1) is 5.69 Å². The maximum atomic E-state index is 13.5. The van der Waals surface area contributed by atoms with Crippen molar-refractivity contribution in [1.82, 2.24) is 4.98 Å². The van der Waals surface area contributed by atoms with E-state index in [0.29, 0.717) is 16.7 Å². The van der Waals surface area contributed by atoms with Gasteiger partial charge in [-0.3, -0.25) is 4.79 Å². The number of anilines is 3. The van der Waals surface area contributed by atoms with Crippen LogP contribution in [0.25, 0.3) is 0 Å². The fraction of sp³-hybridized carbons (Fsp3) is 0.167. The molecule has 0 unspecified atom stereocenters. The Labute approximate surface area is 124 Å². The van der Waals surface area contributed by atoms with Crippen LogP contribution in [-0.2, 0) is 0 Å². The number of thiazole rings is 1. The topological polar surface area (TPSA) is 80.0 Å². The number of rotatable bonds is 4. The molecule has 0 aliphatic carbocycles. The number of benzene rings is 1. The Bertz CT molecular complexity index is 646. The van der Waals surface area contributed by atoms with Crippen molar-refractivity contribution in [3.8, 4) is 0 Å². The molecule has 0 atom stereocenters. The van der Waals surface area contributed by atoms with Crippen LogP contribution in [0.1, 0.15) is 16.6 Å². The van der Waals surface area contributed by atoms with Gasteiger partial charge in [-0.25, -0.2) is 9.37 Å².